The molecule has 1 aromatic rings. The molecule has 0 radical (unpaired) electrons. The first-order valence-corrected chi connectivity index (χ1v) is 11.0. The summed E-state index contributed by atoms with van der Waals surface area (Å²) in [4.78, 5) is 59.9. The molecule has 5 atom stereocenters. The van der Waals surface area contributed by atoms with E-state index in [1.807, 2.05) is 6.07 Å². The van der Waals surface area contributed by atoms with Crippen molar-refractivity contribution < 1.29 is 39.3 Å². The second-order valence-corrected chi connectivity index (χ2v) is 7.96. The number of aliphatic hydroxyl groups excluding tert-OH is 1. The van der Waals surface area contributed by atoms with E-state index in [1.54, 1.807) is 24.3 Å². The number of carbonyl (C=O) groups excluding carboxylic acids is 3. The Morgan fingerprint density at radius 1 is 0.941 bits per heavy atom. The van der Waals surface area contributed by atoms with Crippen LogP contribution in [-0.4, -0.2) is 81.0 Å². The number of nitrogens with one attached hydrogen (secondary N) is 3. The Morgan fingerprint density at radius 2 is 1.50 bits per heavy atom. The molecular weight excluding hydrogens is 468 g/mol. The largest absolute Gasteiger partial charge is 0.481 e. The van der Waals surface area contributed by atoms with Crippen molar-refractivity contribution in [3.8, 4) is 0 Å². The summed E-state index contributed by atoms with van der Waals surface area (Å²) in [5, 5.41) is 34.4. The van der Waals surface area contributed by atoms with Crippen LogP contribution in [0.3, 0.4) is 0 Å². The first-order chi connectivity index (χ1) is 16.0. The number of carboxylic acid groups (broad SMARTS) is 2. The minimum atomic E-state index is -1.67. The van der Waals surface area contributed by atoms with E-state index >= 15 is 0 Å². The number of aliphatic hydroxyl groups is 1. The maximum absolute atomic E-state index is 12.7. The van der Waals surface area contributed by atoms with Gasteiger partial charge in [-0.2, -0.15) is 12.6 Å². The van der Waals surface area contributed by atoms with Crippen LogP contribution in [0.1, 0.15) is 25.3 Å². The van der Waals surface area contributed by atoms with Gasteiger partial charge >= 0.3 is 11.9 Å². The number of hydrogen-bond acceptors (Lipinski definition) is 8. The van der Waals surface area contributed by atoms with E-state index in [4.69, 9.17) is 15.9 Å². The lowest BCUT2D eigenvalue weighted by Gasteiger charge is -2.25. The molecule has 0 aliphatic heterocycles. The number of carboxylic acids is 2. The van der Waals surface area contributed by atoms with Gasteiger partial charge < -0.3 is 37.0 Å². The molecule has 188 valence electrons. The number of hydrogen-bond donors (Lipinski definition) is 8. The predicted octanol–water partition coefficient (Wildman–Crippen LogP) is -1.73. The number of amides is 3. The quantitative estimate of drug-likeness (QED) is 0.137. The van der Waals surface area contributed by atoms with Crippen molar-refractivity contribution in [1.29, 1.82) is 0 Å². The van der Waals surface area contributed by atoms with Gasteiger partial charge in [0, 0.05) is 12.2 Å². The summed E-state index contributed by atoms with van der Waals surface area (Å²) in [6, 6.07) is 3.69. The van der Waals surface area contributed by atoms with Crippen LogP contribution >= 0.6 is 12.6 Å². The maximum atomic E-state index is 12.7. The van der Waals surface area contributed by atoms with Crippen molar-refractivity contribution in [3.63, 3.8) is 0 Å². The molecule has 3 amide bonds. The second kappa shape index (κ2) is 14.2. The molecule has 1 aromatic carbocycles. The van der Waals surface area contributed by atoms with Gasteiger partial charge in [-0.25, -0.2) is 4.79 Å². The van der Waals surface area contributed by atoms with Crippen LogP contribution in [0, 0.1) is 0 Å². The zero-order valence-electron chi connectivity index (χ0n) is 18.5. The van der Waals surface area contributed by atoms with E-state index in [2.05, 4.69) is 28.6 Å². The van der Waals surface area contributed by atoms with Crippen LogP contribution in [0.2, 0.25) is 0 Å². The lowest BCUT2D eigenvalue weighted by molar-refractivity contribution is -0.145. The zero-order chi connectivity index (χ0) is 25.8. The first-order valence-electron chi connectivity index (χ1n) is 10.4. The molecule has 12 nitrogen and oxygen atoms in total. The maximum Gasteiger partial charge on any atom is 0.328 e. The van der Waals surface area contributed by atoms with Crippen molar-refractivity contribution in [3.05, 3.63) is 35.9 Å². The van der Waals surface area contributed by atoms with E-state index in [9.17, 15) is 29.1 Å². The topological polar surface area (TPSA) is 208 Å². The summed E-state index contributed by atoms with van der Waals surface area (Å²) in [6.07, 6.45) is -2.11. The molecule has 34 heavy (non-hydrogen) atoms. The van der Waals surface area contributed by atoms with Crippen molar-refractivity contribution in [2.45, 2.75) is 56.5 Å². The normalized spacial score (nSPS) is 15.2. The number of carbonyl (C=O) groups is 5. The summed E-state index contributed by atoms with van der Waals surface area (Å²) in [7, 11) is 0. The van der Waals surface area contributed by atoms with Gasteiger partial charge in [-0.05, 0) is 25.3 Å². The molecule has 0 aliphatic carbocycles. The molecule has 0 bridgehead atoms. The van der Waals surface area contributed by atoms with Crippen LogP contribution in [0.15, 0.2) is 30.3 Å². The molecule has 0 spiro atoms. The van der Waals surface area contributed by atoms with Crippen molar-refractivity contribution in [2.24, 2.45) is 5.73 Å². The van der Waals surface area contributed by atoms with E-state index in [0.717, 1.165) is 12.5 Å². The molecular formula is C21H30N4O8S. The van der Waals surface area contributed by atoms with Gasteiger partial charge in [0.15, 0.2) is 6.04 Å². The summed E-state index contributed by atoms with van der Waals surface area (Å²) in [6.45, 7) is 1.15. The smallest absolute Gasteiger partial charge is 0.328 e. The fourth-order valence-corrected chi connectivity index (χ4v) is 3.14. The van der Waals surface area contributed by atoms with Crippen LogP contribution in [0.4, 0.5) is 0 Å². The van der Waals surface area contributed by atoms with Gasteiger partial charge in [0.2, 0.25) is 17.7 Å². The van der Waals surface area contributed by atoms with Gasteiger partial charge in [0.05, 0.1) is 12.1 Å². The third-order valence-electron chi connectivity index (χ3n) is 4.78. The predicted molar refractivity (Wildman–Crippen MR) is 124 cm³/mol. The average Bonchev–Trinajstić information content (AvgIpc) is 2.77. The van der Waals surface area contributed by atoms with Crippen LogP contribution < -0.4 is 21.7 Å². The lowest BCUT2D eigenvalue weighted by Crippen LogP contribution is -2.58. The van der Waals surface area contributed by atoms with Gasteiger partial charge in [0.25, 0.3) is 0 Å². The van der Waals surface area contributed by atoms with Gasteiger partial charge in [-0.3, -0.25) is 19.2 Å². The third kappa shape index (κ3) is 9.77. The highest BCUT2D eigenvalue weighted by molar-refractivity contribution is 7.80. The molecule has 0 saturated heterocycles. The standard InChI is InChI=1S/C21H30N4O8S/c1-11(26)17(21(32)33)25-19(30)14(7-8-16(27)28)23-20(31)15(10-34)24-18(29)13(22)9-12-5-3-2-4-6-12/h2-6,11,13-15,17,26,34H,7-10,22H2,1H3,(H,23,31)(H,24,29)(H,25,30)(H,27,28)(H,32,33). The number of nitrogens with two attached hydrogens (primary N) is 1. The van der Waals surface area contributed by atoms with Crippen LogP contribution in [-0.2, 0) is 30.4 Å². The number of rotatable bonds is 14. The minimum Gasteiger partial charge on any atom is -0.481 e. The second-order valence-electron chi connectivity index (χ2n) is 7.60. The molecule has 0 heterocycles. The number of benzene rings is 1. The summed E-state index contributed by atoms with van der Waals surface area (Å²) in [5.41, 5.74) is 6.73. The van der Waals surface area contributed by atoms with E-state index in [-0.39, 0.29) is 18.6 Å². The summed E-state index contributed by atoms with van der Waals surface area (Å²) in [5.74, 6) is -5.40. The van der Waals surface area contributed by atoms with Crippen LogP contribution in [0.25, 0.3) is 0 Å². The highest BCUT2D eigenvalue weighted by Crippen LogP contribution is 2.05. The highest BCUT2D eigenvalue weighted by atomic mass is 32.1. The summed E-state index contributed by atoms with van der Waals surface area (Å²) >= 11 is 4.04. The Bertz CT molecular complexity index is 868. The molecule has 0 aliphatic rings. The number of aliphatic carboxylic acids is 2. The Kier molecular flexibility index (Phi) is 12.0. The Balaban J connectivity index is 2.86. The number of thiol groups is 1. The molecule has 1 rings (SSSR count). The minimum absolute atomic E-state index is 0.158. The third-order valence-corrected chi connectivity index (χ3v) is 5.14. The van der Waals surface area contributed by atoms with Crippen molar-refractivity contribution in [1.82, 2.24) is 16.0 Å². The summed E-state index contributed by atoms with van der Waals surface area (Å²) < 4.78 is 0. The Labute approximate surface area is 201 Å². The zero-order valence-corrected chi connectivity index (χ0v) is 19.4. The highest BCUT2D eigenvalue weighted by Gasteiger charge is 2.31. The monoisotopic (exact) mass is 498 g/mol. The molecule has 5 unspecified atom stereocenters. The van der Waals surface area contributed by atoms with Crippen LogP contribution in [0.5, 0.6) is 0 Å². The van der Waals surface area contributed by atoms with Crippen molar-refractivity contribution in [2.75, 3.05) is 5.75 Å². The fraction of sp³-hybridized carbons (Fsp3) is 0.476. The first kappa shape index (κ1) is 28.9. The van der Waals surface area contributed by atoms with E-state index in [0.29, 0.717) is 0 Å². The molecule has 8 N–H and O–H groups in total. The van der Waals surface area contributed by atoms with Gasteiger partial charge in [-0.1, -0.05) is 30.3 Å². The Hall–Kier alpha value is -3.16. The fourth-order valence-electron chi connectivity index (χ4n) is 2.89. The molecule has 0 saturated carbocycles. The SMILES string of the molecule is CC(O)C(NC(=O)C(CCC(=O)O)NC(=O)C(CS)NC(=O)C(N)Cc1ccccc1)C(=O)O. The molecule has 0 aromatic heterocycles. The molecule has 13 heteroatoms. The van der Waals surface area contributed by atoms with Gasteiger partial charge in [-0.15, -0.1) is 0 Å². The average molecular weight is 499 g/mol. The van der Waals surface area contributed by atoms with Gasteiger partial charge in [0.1, 0.15) is 12.1 Å². The van der Waals surface area contributed by atoms with E-state index in [1.165, 1.54) is 0 Å². The van der Waals surface area contributed by atoms with Crippen molar-refractivity contribution >= 4 is 42.3 Å². The Morgan fingerprint density at radius 3 is 2.00 bits per heavy atom. The molecule has 0 fully saturated rings. The van der Waals surface area contributed by atoms with E-state index < -0.39 is 66.4 Å². The lowest BCUT2D eigenvalue weighted by atomic mass is 10.1.